The number of phenols is 1. The largest absolute Gasteiger partial charge is 0.512 e. The second kappa shape index (κ2) is 2.96. The van der Waals surface area contributed by atoms with Crippen LogP contribution < -0.4 is 0 Å². The molecule has 1 rings (SSSR count). The van der Waals surface area contributed by atoms with Gasteiger partial charge < -0.3 is 15.3 Å². The highest BCUT2D eigenvalue weighted by molar-refractivity contribution is 5.58. The average molecular weight is 152 g/mol. The Morgan fingerprint density at radius 1 is 1.36 bits per heavy atom. The molecule has 0 fully saturated rings. The lowest BCUT2D eigenvalue weighted by Crippen LogP contribution is -1.80. The lowest BCUT2D eigenvalue weighted by Gasteiger charge is -1.97. The van der Waals surface area contributed by atoms with Gasteiger partial charge in [0.1, 0.15) is 12.0 Å². The quantitative estimate of drug-likeness (QED) is 0.538. The molecule has 0 aliphatic rings. The van der Waals surface area contributed by atoms with E-state index in [-0.39, 0.29) is 11.5 Å². The Labute approximate surface area is 63.9 Å². The first kappa shape index (κ1) is 7.47. The molecular weight excluding hydrogens is 144 g/mol. The highest BCUT2D eigenvalue weighted by Crippen LogP contribution is 2.16. The third-order valence-corrected chi connectivity index (χ3v) is 1.26. The zero-order valence-corrected chi connectivity index (χ0v) is 5.73. The van der Waals surface area contributed by atoms with Gasteiger partial charge in [-0.3, -0.25) is 0 Å². The maximum atomic E-state index is 8.95. The van der Waals surface area contributed by atoms with Crippen LogP contribution in [-0.2, 0) is 0 Å². The highest BCUT2D eigenvalue weighted by atomic mass is 16.3. The topological polar surface area (TPSA) is 60.7 Å². The van der Waals surface area contributed by atoms with Gasteiger partial charge in [0.25, 0.3) is 0 Å². The summed E-state index contributed by atoms with van der Waals surface area (Å²) in [7, 11) is 0. The predicted molar refractivity (Wildman–Crippen MR) is 41.3 cm³/mol. The number of aliphatic hydroxyl groups excluding tert-OH is 2. The molecule has 1 aromatic carbocycles. The first-order chi connectivity index (χ1) is 5.24. The van der Waals surface area contributed by atoms with Gasteiger partial charge in [-0.1, -0.05) is 12.1 Å². The van der Waals surface area contributed by atoms with E-state index < -0.39 is 0 Å². The van der Waals surface area contributed by atoms with Crippen LogP contribution in [0.3, 0.4) is 0 Å². The van der Waals surface area contributed by atoms with E-state index in [2.05, 4.69) is 0 Å². The number of hydrogen-bond donors (Lipinski definition) is 3. The van der Waals surface area contributed by atoms with Crippen molar-refractivity contribution >= 4 is 5.76 Å². The van der Waals surface area contributed by atoms with E-state index in [4.69, 9.17) is 15.3 Å². The van der Waals surface area contributed by atoms with E-state index in [1.54, 1.807) is 12.1 Å². The fourth-order valence-corrected chi connectivity index (χ4v) is 0.740. The van der Waals surface area contributed by atoms with Crippen molar-refractivity contribution in [3.05, 3.63) is 36.1 Å². The van der Waals surface area contributed by atoms with Crippen LogP contribution in [0.5, 0.6) is 5.75 Å². The molecule has 58 valence electrons. The van der Waals surface area contributed by atoms with Crippen LogP contribution >= 0.6 is 0 Å². The number of benzene rings is 1. The lowest BCUT2D eigenvalue weighted by atomic mass is 10.2. The predicted octanol–water partition coefficient (Wildman–Crippen LogP) is 1.81. The van der Waals surface area contributed by atoms with Crippen molar-refractivity contribution in [2.45, 2.75) is 0 Å². The average Bonchev–Trinajstić information content (AvgIpc) is 2.03. The van der Waals surface area contributed by atoms with E-state index in [1.807, 2.05) is 0 Å². The van der Waals surface area contributed by atoms with Crippen LogP contribution in [0.25, 0.3) is 5.76 Å². The summed E-state index contributed by atoms with van der Waals surface area (Å²) in [6.45, 7) is 0. The summed E-state index contributed by atoms with van der Waals surface area (Å²) in [4.78, 5) is 0. The van der Waals surface area contributed by atoms with Crippen molar-refractivity contribution in [2.75, 3.05) is 0 Å². The molecule has 0 saturated carbocycles. The van der Waals surface area contributed by atoms with Crippen LogP contribution in [0.4, 0.5) is 0 Å². The van der Waals surface area contributed by atoms with Gasteiger partial charge >= 0.3 is 0 Å². The van der Waals surface area contributed by atoms with Crippen LogP contribution in [0.15, 0.2) is 30.5 Å². The van der Waals surface area contributed by atoms with Gasteiger partial charge in [-0.25, -0.2) is 0 Å². The standard InChI is InChI=1S/C8H8O3/c9-5-8(11)6-2-1-3-7(10)4-6/h1-5,9-11H/b8-5+. The van der Waals surface area contributed by atoms with Gasteiger partial charge in [-0.15, -0.1) is 0 Å². The summed E-state index contributed by atoms with van der Waals surface area (Å²) in [5.74, 6) is -0.211. The smallest absolute Gasteiger partial charge is 0.157 e. The fraction of sp³-hybridized carbons (Fsp3) is 0. The van der Waals surface area contributed by atoms with Gasteiger partial charge in [0, 0.05) is 5.56 Å². The molecule has 0 saturated heterocycles. The molecule has 0 aliphatic carbocycles. The highest BCUT2D eigenvalue weighted by Gasteiger charge is 1.97. The minimum atomic E-state index is -0.263. The first-order valence-electron chi connectivity index (χ1n) is 3.07. The molecule has 11 heavy (non-hydrogen) atoms. The second-order valence-electron chi connectivity index (χ2n) is 2.06. The van der Waals surface area contributed by atoms with Crippen LogP contribution in [0, 0.1) is 0 Å². The third kappa shape index (κ3) is 1.64. The molecule has 3 nitrogen and oxygen atoms in total. The van der Waals surface area contributed by atoms with Crippen molar-refractivity contribution in [2.24, 2.45) is 0 Å². The molecule has 0 aromatic heterocycles. The Hall–Kier alpha value is -1.64. The van der Waals surface area contributed by atoms with Crippen molar-refractivity contribution in [3.63, 3.8) is 0 Å². The van der Waals surface area contributed by atoms with Crippen LogP contribution in [-0.4, -0.2) is 15.3 Å². The zero-order valence-electron chi connectivity index (χ0n) is 5.73. The summed E-state index contributed by atoms with van der Waals surface area (Å²) < 4.78 is 0. The summed E-state index contributed by atoms with van der Waals surface area (Å²) in [5, 5.41) is 26.3. The molecule has 3 heteroatoms. The summed E-state index contributed by atoms with van der Waals surface area (Å²) >= 11 is 0. The summed E-state index contributed by atoms with van der Waals surface area (Å²) in [6.07, 6.45) is 0.578. The molecule has 0 radical (unpaired) electrons. The third-order valence-electron chi connectivity index (χ3n) is 1.26. The van der Waals surface area contributed by atoms with Gasteiger partial charge in [0.15, 0.2) is 5.76 Å². The summed E-state index contributed by atoms with van der Waals surface area (Å²) in [6, 6.07) is 5.97. The number of hydrogen-bond acceptors (Lipinski definition) is 3. The molecule has 1 aromatic rings. The molecule has 0 unspecified atom stereocenters. The Bertz CT molecular complexity index is 278. The molecule has 0 spiro atoms. The maximum absolute atomic E-state index is 8.95. The Kier molecular flexibility index (Phi) is 2.01. The normalized spacial score (nSPS) is 11.5. The molecule has 0 aliphatic heterocycles. The van der Waals surface area contributed by atoms with E-state index in [0.29, 0.717) is 11.8 Å². The van der Waals surface area contributed by atoms with Gasteiger partial charge in [-0.05, 0) is 12.1 Å². The Balaban J connectivity index is 3.06. The maximum Gasteiger partial charge on any atom is 0.157 e. The van der Waals surface area contributed by atoms with Crippen molar-refractivity contribution < 1.29 is 15.3 Å². The number of rotatable bonds is 1. The Morgan fingerprint density at radius 2 is 2.09 bits per heavy atom. The minimum absolute atomic E-state index is 0.0518. The van der Waals surface area contributed by atoms with Crippen LogP contribution in [0.1, 0.15) is 5.56 Å². The zero-order chi connectivity index (χ0) is 8.27. The van der Waals surface area contributed by atoms with Crippen LogP contribution in [0.2, 0.25) is 0 Å². The van der Waals surface area contributed by atoms with Crippen molar-refractivity contribution in [3.8, 4) is 5.75 Å². The lowest BCUT2D eigenvalue weighted by molar-refractivity contribution is 0.430. The van der Waals surface area contributed by atoms with E-state index >= 15 is 0 Å². The minimum Gasteiger partial charge on any atom is -0.512 e. The monoisotopic (exact) mass is 152 g/mol. The number of aliphatic hydroxyl groups is 2. The summed E-state index contributed by atoms with van der Waals surface area (Å²) in [5.41, 5.74) is 0.382. The van der Waals surface area contributed by atoms with Gasteiger partial charge in [0.2, 0.25) is 0 Å². The van der Waals surface area contributed by atoms with E-state index in [0.717, 1.165) is 0 Å². The van der Waals surface area contributed by atoms with E-state index in [9.17, 15) is 0 Å². The van der Waals surface area contributed by atoms with Crippen molar-refractivity contribution in [1.82, 2.24) is 0 Å². The molecule has 3 N–H and O–H groups in total. The van der Waals surface area contributed by atoms with Gasteiger partial charge in [0.05, 0.1) is 0 Å². The SMILES string of the molecule is O/C=C(/O)c1cccc(O)c1. The Morgan fingerprint density at radius 3 is 2.64 bits per heavy atom. The molecule has 0 bridgehead atoms. The second-order valence-corrected chi connectivity index (χ2v) is 2.06. The van der Waals surface area contributed by atoms with Gasteiger partial charge in [-0.2, -0.15) is 0 Å². The molecule has 0 amide bonds. The fourth-order valence-electron chi connectivity index (χ4n) is 0.740. The molecule has 0 heterocycles. The molecular formula is C8H8O3. The first-order valence-corrected chi connectivity index (χ1v) is 3.07. The van der Waals surface area contributed by atoms with E-state index in [1.165, 1.54) is 12.1 Å². The number of aromatic hydroxyl groups is 1. The van der Waals surface area contributed by atoms with Crippen molar-refractivity contribution in [1.29, 1.82) is 0 Å². The molecule has 0 atom stereocenters. The number of phenolic OH excluding ortho intramolecular Hbond substituents is 1.